The van der Waals surface area contributed by atoms with Crippen LogP contribution in [0, 0.1) is 27.9 Å². The lowest BCUT2D eigenvalue weighted by Gasteiger charge is -2.59. The Kier molecular flexibility index (Phi) is 14.8. The number of unbranched alkanes of at least 4 members (excludes halogenated alkanes) is 2. The van der Waals surface area contributed by atoms with Crippen LogP contribution in [0.3, 0.4) is 0 Å². The Balaban J connectivity index is 1.45. The van der Waals surface area contributed by atoms with Crippen molar-refractivity contribution in [3.8, 4) is 17.2 Å². The molecule has 328 valence electrons. The van der Waals surface area contributed by atoms with Gasteiger partial charge in [0.25, 0.3) is 5.69 Å². The third kappa shape index (κ3) is 9.31. The predicted octanol–water partition coefficient (Wildman–Crippen LogP) is 9.68. The van der Waals surface area contributed by atoms with Crippen LogP contribution >= 0.6 is 11.6 Å². The van der Waals surface area contributed by atoms with Crippen LogP contribution < -0.4 is 9.47 Å². The number of non-ortho nitro benzene ring substituents is 1. The number of nitro groups is 1. The first-order valence-electron chi connectivity index (χ1n) is 21.3. The topological polar surface area (TPSA) is 162 Å². The molecule has 4 aromatic rings. The number of alkyl halides is 1. The van der Waals surface area contributed by atoms with Gasteiger partial charge in [-0.25, -0.2) is 4.79 Å². The lowest BCUT2D eigenvalue weighted by molar-refractivity contribution is -0.384. The summed E-state index contributed by atoms with van der Waals surface area (Å²) in [5, 5.41) is 38.1. The molecule has 1 heterocycles. The van der Waals surface area contributed by atoms with Gasteiger partial charge < -0.3 is 34.0 Å². The van der Waals surface area contributed by atoms with Gasteiger partial charge >= 0.3 is 6.09 Å². The highest BCUT2D eigenvalue weighted by atomic mass is 35.5. The summed E-state index contributed by atoms with van der Waals surface area (Å²) in [6, 6.07) is 24.7. The van der Waals surface area contributed by atoms with E-state index in [1.54, 1.807) is 29.2 Å². The normalized spacial score (nSPS) is 23.1. The fourth-order valence-electron chi connectivity index (χ4n) is 9.74. The first-order chi connectivity index (χ1) is 30.3. The maximum Gasteiger partial charge on any atom is 0.410 e. The first-order valence-corrected chi connectivity index (χ1v) is 21.8. The van der Waals surface area contributed by atoms with E-state index in [4.69, 9.17) is 35.4 Å². The Morgan fingerprint density at radius 3 is 2.53 bits per heavy atom. The van der Waals surface area contributed by atoms with Crippen LogP contribution in [-0.2, 0) is 20.9 Å². The van der Waals surface area contributed by atoms with Crippen LogP contribution in [0.1, 0.15) is 62.0 Å². The molecule has 7 rings (SSSR count). The monoisotopic (exact) mass is 867 g/mol. The minimum absolute atomic E-state index is 0.0139. The molecule has 1 saturated carbocycles. The van der Waals surface area contributed by atoms with E-state index in [0.717, 1.165) is 53.2 Å². The minimum Gasteiger partial charge on any atom is -0.459 e. The molecule has 0 unspecified atom stereocenters. The van der Waals surface area contributed by atoms with Crippen LogP contribution in [0.5, 0.6) is 17.2 Å². The number of fused-ring (bicyclic) bond motifs is 3. The van der Waals surface area contributed by atoms with E-state index in [0.29, 0.717) is 35.8 Å². The molecule has 1 fully saturated rings. The summed E-state index contributed by atoms with van der Waals surface area (Å²) in [5.41, 5.74) is 3.14. The first kappa shape index (κ1) is 44.6. The average Bonchev–Trinajstić information content (AvgIpc) is 3.28. The smallest absolute Gasteiger partial charge is 0.410 e. The summed E-state index contributed by atoms with van der Waals surface area (Å²) in [5.74, 6) is -1.05. The number of hydrogen-bond acceptors (Lipinski definition) is 11. The number of benzene rings is 4. The summed E-state index contributed by atoms with van der Waals surface area (Å²) >= 11 is 6.11. The van der Waals surface area contributed by atoms with E-state index in [2.05, 4.69) is 17.8 Å². The highest BCUT2D eigenvalue weighted by Crippen LogP contribution is 2.62. The molecule has 1 aliphatic heterocycles. The number of rotatable bonds is 20. The molecule has 0 spiro atoms. The summed E-state index contributed by atoms with van der Waals surface area (Å²) < 4.78 is 26.6. The van der Waals surface area contributed by atoms with Crippen molar-refractivity contribution >= 4 is 39.9 Å². The predicted molar refractivity (Wildman–Crippen MR) is 237 cm³/mol. The third-order valence-electron chi connectivity index (χ3n) is 12.2. The number of nitro benzene ring substituents is 1. The van der Waals surface area contributed by atoms with Crippen molar-refractivity contribution in [3.63, 3.8) is 0 Å². The second-order valence-electron chi connectivity index (χ2n) is 15.9. The van der Waals surface area contributed by atoms with E-state index in [-0.39, 0.29) is 68.7 Å². The number of halogens is 1. The fourth-order valence-corrected chi connectivity index (χ4v) is 9.82. The molecule has 6 atom stereocenters. The number of nitrogens with zero attached hydrogens (tertiary/aromatic N) is 3. The van der Waals surface area contributed by atoms with Gasteiger partial charge in [-0.05, 0) is 83.7 Å². The standard InChI is InChI=1S/C48H54ClN3O10/c1-3-25-60-48-44(51(47(55)59-26-22-49)31-34-15-10-14-32-12-4-5-18-38(32)34)30-42(50-58-2)40-27-33(13-6-8-23-53)39(19-7-9-24-54)45(46(40)48)41-29-37(20-21-43(41)62-48)61-36-17-11-16-35(28-36)52(56)57/h3-5,10-12,14-18,20-21,27-29,33,39,44-46,53-54H,1,6-9,13,19,22-26,30-31H2,2H3/t33-,39+,44-,45+,46+,48+/m0/s1. The van der Waals surface area contributed by atoms with Gasteiger partial charge in [-0.3, -0.25) is 15.0 Å². The lowest BCUT2D eigenvalue weighted by Crippen LogP contribution is -2.70. The second-order valence-corrected chi connectivity index (χ2v) is 16.3. The van der Waals surface area contributed by atoms with Crippen molar-refractivity contribution in [1.82, 2.24) is 4.90 Å². The average molecular weight is 868 g/mol. The van der Waals surface area contributed by atoms with E-state index < -0.39 is 28.8 Å². The van der Waals surface area contributed by atoms with Crippen LogP contribution in [0.2, 0.25) is 0 Å². The minimum atomic E-state index is -1.53. The van der Waals surface area contributed by atoms with Crippen molar-refractivity contribution in [2.45, 2.75) is 69.2 Å². The van der Waals surface area contributed by atoms with Gasteiger partial charge in [0, 0.05) is 37.2 Å². The molecule has 0 aromatic heterocycles. The van der Waals surface area contributed by atoms with Crippen molar-refractivity contribution < 1.29 is 43.7 Å². The molecule has 62 heavy (non-hydrogen) atoms. The molecule has 13 nitrogen and oxygen atoms in total. The zero-order valence-corrected chi connectivity index (χ0v) is 35.7. The molecular weight excluding hydrogens is 814 g/mol. The van der Waals surface area contributed by atoms with Crippen molar-refractivity contribution in [2.75, 3.05) is 39.4 Å². The highest BCUT2D eigenvalue weighted by Gasteiger charge is 2.65. The van der Waals surface area contributed by atoms with Gasteiger partial charge in [-0.2, -0.15) is 0 Å². The van der Waals surface area contributed by atoms with E-state index in [1.165, 1.54) is 19.2 Å². The van der Waals surface area contributed by atoms with Crippen LogP contribution in [0.15, 0.2) is 114 Å². The van der Waals surface area contributed by atoms with Crippen molar-refractivity contribution in [2.24, 2.45) is 22.9 Å². The zero-order valence-electron chi connectivity index (χ0n) is 34.9. The van der Waals surface area contributed by atoms with Crippen LogP contribution in [0.25, 0.3) is 10.8 Å². The van der Waals surface area contributed by atoms with E-state index >= 15 is 0 Å². The van der Waals surface area contributed by atoms with Crippen molar-refractivity contribution in [3.05, 3.63) is 130 Å². The zero-order chi connectivity index (χ0) is 43.6. The second kappa shape index (κ2) is 20.6. The molecular formula is C48H54ClN3O10. The Morgan fingerprint density at radius 1 is 1.02 bits per heavy atom. The SMILES string of the molecule is C=CCO[C@@]12Oc3ccc(Oc4cccc([N+](=O)[O-])c4)cc3[C@H]3[C@H](CCCCO)[C@@H](CCCCO)C=C(C(=NOC)C[C@@H]1N(Cc1cccc4ccccc14)C(=O)OCCCl)[C@H]32. The molecule has 2 N–H and O–H groups in total. The van der Waals surface area contributed by atoms with Gasteiger partial charge in [0.1, 0.15) is 37.0 Å². The molecule has 4 aromatic carbocycles. The van der Waals surface area contributed by atoms with E-state index in [1.807, 2.05) is 54.6 Å². The van der Waals surface area contributed by atoms with Gasteiger partial charge in [-0.1, -0.05) is 78.7 Å². The maximum atomic E-state index is 14.6. The maximum absolute atomic E-state index is 14.6. The molecule has 14 heteroatoms. The number of oxime groups is 1. The summed E-state index contributed by atoms with van der Waals surface area (Å²) in [6.45, 7) is 4.34. The number of carbonyl (C=O) groups is 1. The molecule has 0 saturated heterocycles. The number of hydrogen-bond donors (Lipinski definition) is 2. The highest BCUT2D eigenvalue weighted by molar-refractivity contribution is 6.18. The van der Waals surface area contributed by atoms with Crippen LogP contribution in [-0.4, -0.2) is 83.1 Å². The summed E-state index contributed by atoms with van der Waals surface area (Å²) in [6.07, 6.45) is 7.79. The number of allylic oxidation sites excluding steroid dienone is 1. The number of aliphatic hydroxyl groups excluding tert-OH is 2. The van der Waals surface area contributed by atoms with Gasteiger partial charge in [-0.15, -0.1) is 18.2 Å². The number of aliphatic hydroxyl groups is 2. The number of amides is 1. The Hall–Kier alpha value is -5.47. The van der Waals surface area contributed by atoms with Crippen LogP contribution in [0.4, 0.5) is 10.5 Å². The molecule has 0 bridgehead atoms. The Morgan fingerprint density at radius 2 is 1.77 bits per heavy atom. The van der Waals surface area contributed by atoms with Gasteiger partial charge in [0.05, 0.1) is 41.7 Å². The molecule has 1 amide bonds. The van der Waals surface area contributed by atoms with Crippen molar-refractivity contribution in [1.29, 1.82) is 0 Å². The lowest BCUT2D eigenvalue weighted by atomic mass is 9.55. The Bertz CT molecular complexity index is 2280. The number of carbonyl (C=O) groups excluding carboxylic acids is 1. The van der Waals surface area contributed by atoms with Gasteiger partial charge in [0.15, 0.2) is 0 Å². The Labute approximate surface area is 366 Å². The molecule has 3 aliphatic rings. The molecule has 2 aliphatic carbocycles. The fraction of sp³-hybridized carbons (Fsp3) is 0.417. The van der Waals surface area contributed by atoms with E-state index in [9.17, 15) is 25.1 Å². The van der Waals surface area contributed by atoms with Gasteiger partial charge in [0.2, 0.25) is 5.79 Å². The third-order valence-corrected chi connectivity index (χ3v) is 12.4. The molecule has 0 radical (unpaired) electrons. The number of ether oxygens (including phenoxy) is 4. The quantitative estimate of drug-likeness (QED) is 0.0288. The summed E-state index contributed by atoms with van der Waals surface area (Å²) in [7, 11) is 1.50. The largest absolute Gasteiger partial charge is 0.459 e. The summed E-state index contributed by atoms with van der Waals surface area (Å²) in [4.78, 5) is 33.1.